The lowest BCUT2D eigenvalue weighted by Gasteiger charge is -2.05. The summed E-state index contributed by atoms with van der Waals surface area (Å²) < 4.78 is 44.6. The van der Waals surface area contributed by atoms with Crippen molar-refractivity contribution in [3.63, 3.8) is 0 Å². The molecule has 24 heavy (non-hydrogen) atoms. The number of rotatable bonds is 2. The molecule has 4 nitrogen and oxygen atoms in total. The van der Waals surface area contributed by atoms with Crippen LogP contribution in [-0.4, -0.2) is 17.0 Å². The summed E-state index contributed by atoms with van der Waals surface area (Å²) in [5, 5.41) is 3.74. The molecule has 0 atom stereocenters. The molecule has 8 heteroatoms. The van der Waals surface area contributed by atoms with Crippen LogP contribution in [0.4, 0.5) is 18.3 Å². The lowest BCUT2D eigenvalue weighted by atomic mass is 10.1. The molecule has 0 bridgehead atoms. The van der Waals surface area contributed by atoms with E-state index in [-0.39, 0.29) is 5.89 Å². The van der Waals surface area contributed by atoms with Gasteiger partial charge < -0.3 is 9.73 Å². The quantitative estimate of drug-likeness (QED) is 0.543. The van der Waals surface area contributed by atoms with Gasteiger partial charge in [0.2, 0.25) is 5.89 Å². The minimum atomic E-state index is -4.36. The number of aromatic nitrogens is 2. The minimum absolute atomic E-state index is 0.269. The number of oxazole rings is 1. The molecule has 0 saturated carbocycles. The van der Waals surface area contributed by atoms with Gasteiger partial charge in [-0.05, 0) is 36.4 Å². The Morgan fingerprint density at radius 1 is 1.00 bits per heavy atom. The highest BCUT2D eigenvalue weighted by Gasteiger charge is 2.30. The van der Waals surface area contributed by atoms with Crippen molar-refractivity contribution in [2.75, 3.05) is 12.4 Å². The van der Waals surface area contributed by atoms with Crippen molar-refractivity contribution < 1.29 is 17.6 Å². The summed E-state index contributed by atoms with van der Waals surface area (Å²) >= 11 is 1.49. The van der Waals surface area contributed by atoms with Crippen molar-refractivity contribution in [1.82, 2.24) is 9.97 Å². The Bertz CT molecular complexity index is 1030. The monoisotopic (exact) mass is 349 g/mol. The molecular weight excluding hydrogens is 339 g/mol. The van der Waals surface area contributed by atoms with Crippen LogP contribution in [0, 0.1) is 0 Å². The van der Waals surface area contributed by atoms with E-state index in [9.17, 15) is 13.2 Å². The summed E-state index contributed by atoms with van der Waals surface area (Å²) in [4.78, 5) is 8.87. The summed E-state index contributed by atoms with van der Waals surface area (Å²) in [6.45, 7) is 0. The first-order valence-electron chi connectivity index (χ1n) is 7.01. The van der Waals surface area contributed by atoms with Gasteiger partial charge in [-0.2, -0.15) is 13.2 Å². The fourth-order valence-corrected chi connectivity index (χ4v) is 3.24. The van der Waals surface area contributed by atoms with Crippen LogP contribution in [-0.2, 0) is 6.18 Å². The van der Waals surface area contributed by atoms with E-state index >= 15 is 0 Å². The van der Waals surface area contributed by atoms with Gasteiger partial charge in [0, 0.05) is 12.6 Å². The van der Waals surface area contributed by atoms with Gasteiger partial charge in [-0.1, -0.05) is 11.3 Å². The van der Waals surface area contributed by atoms with Gasteiger partial charge in [0.05, 0.1) is 10.3 Å². The molecular formula is C16H10F3N3OS. The van der Waals surface area contributed by atoms with E-state index in [1.165, 1.54) is 23.5 Å². The second kappa shape index (κ2) is 5.20. The highest BCUT2D eigenvalue weighted by Crippen LogP contribution is 2.35. The lowest BCUT2D eigenvalue weighted by molar-refractivity contribution is -0.137. The van der Waals surface area contributed by atoms with Gasteiger partial charge in [0.15, 0.2) is 10.7 Å². The van der Waals surface area contributed by atoms with E-state index in [2.05, 4.69) is 15.3 Å². The predicted molar refractivity (Wildman–Crippen MR) is 87.2 cm³/mol. The van der Waals surface area contributed by atoms with E-state index in [4.69, 9.17) is 4.42 Å². The maximum atomic E-state index is 12.6. The summed E-state index contributed by atoms with van der Waals surface area (Å²) in [7, 11) is 1.78. The SMILES string of the molecule is CNc1nc2c(ccc3oc(-c4ccc(C(F)(F)F)cc4)nc32)s1. The molecule has 0 saturated heterocycles. The van der Waals surface area contributed by atoms with Crippen LogP contribution in [0.1, 0.15) is 5.56 Å². The second-order valence-electron chi connectivity index (χ2n) is 5.12. The van der Waals surface area contributed by atoms with Crippen LogP contribution in [0.3, 0.4) is 0 Å². The van der Waals surface area contributed by atoms with E-state index < -0.39 is 11.7 Å². The summed E-state index contributed by atoms with van der Waals surface area (Å²) in [6.07, 6.45) is -4.36. The van der Waals surface area contributed by atoms with Crippen molar-refractivity contribution >= 4 is 37.8 Å². The molecule has 0 amide bonds. The molecule has 0 unspecified atom stereocenters. The number of alkyl halides is 3. The fourth-order valence-electron chi connectivity index (χ4n) is 2.41. The molecule has 0 fully saturated rings. The Morgan fingerprint density at radius 2 is 1.75 bits per heavy atom. The number of nitrogens with zero attached hydrogens (tertiary/aromatic N) is 2. The molecule has 2 aromatic carbocycles. The standard InChI is InChI=1S/C16H10F3N3OS/c1-20-15-22-13-11(24-15)7-6-10-12(13)21-14(23-10)8-2-4-9(5-3-8)16(17,18)19/h2-7H,1H3,(H,20,22). The maximum Gasteiger partial charge on any atom is 0.416 e. The Balaban J connectivity index is 1.82. The van der Waals surface area contributed by atoms with Crippen molar-refractivity contribution in [3.05, 3.63) is 42.0 Å². The molecule has 0 aliphatic heterocycles. The van der Waals surface area contributed by atoms with Gasteiger partial charge >= 0.3 is 6.18 Å². The number of fused-ring (bicyclic) bond motifs is 3. The Hall–Kier alpha value is -2.61. The zero-order valence-corrected chi connectivity index (χ0v) is 13.1. The summed E-state index contributed by atoms with van der Waals surface area (Å²) in [5.74, 6) is 0.269. The van der Waals surface area contributed by atoms with E-state index in [0.717, 1.165) is 22.0 Å². The Morgan fingerprint density at radius 3 is 2.42 bits per heavy atom. The Labute approximate surface area is 138 Å². The molecule has 0 aliphatic rings. The van der Waals surface area contributed by atoms with E-state index in [0.29, 0.717) is 22.2 Å². The number of thiazole rings is 1. The van der Waals surface area contributed by atoms with Crippen molar-refractivity contribution in [2.45, 2.75) is 6.18 Å². The molecule has 122 valence electrons. The largest absolute Gasteiger partial charge is 0.436 e. The molecule has 2 aromatic heterocycles. The van der Waals surface area contributed by atoms with Crippen molar-refractivity contribution in [2.24, 2.45) is 0 Å². The third-order valence-electron chi connectivity index (χ3n) is 3.59. The first kappa shape index (κ1) is 14.9. The normalized spacial score (nSPS) is 12.2. The average Bonchev–Trinajstić information content (AvgIpc) is 3.17. The van der Waals surface area contributed by atoms with Gasteiger partial charge in [0.25, 0.3) is 0 Å². The average molecular weight is 349 g/mol. The first-order valence-corrected chi connectivity index (χ1v) is 7.83. The molecule has 1 N–H and O–H groups in total. The van der Waals surface area contributed by atoms with Crippen LogP contribution < -0.4 is 5.32 Å². The van der Waals surface area contributed by atoms with Crippen LogP contribution >= 0.6 is 11.3 Å². The summed E-state index contributed by atoms with van der Waals surface area (Å²) in [6, 6.07) is 8.41. The topological polar surface area (TPSA) is 51.0 Å². The highest BCUT2D eigenvalue weighted by molar-refractivity contribution is 7.22. The van der Waals surface area contributed by atoms with Crippen molar-refractivity contribution in [3.8, 4) is 11.5 Å². The highest BCUT2D eigenvalue weighted by atomic mass is 32.1. The predicted octanol–water partition coefficient (Wildman–Crippen LogP) is 5.17. The number of hydrogen-bond acceptors (Lipinski definition) is 5. The smallest absolute Gasteiger partial charge is 0.416 e. The van der Waals surface area contributed by atoms with E-state index in [1.807, 2.05) is 6.07 Å². The summed E-state index contributed by atoms with van der Waals surface area (Å²) in [5.41, 5.74) is 1.63. The number of nitrogens with one attached hydrogen (secondary N) is 1. The van der Waals surface area contributed by atoms with Crippen molar-refractivity contribution in [1.29, 1.82) is 0 Å². The van der Waals surface area contributed by atoms with Crippen LogP contribution in [0.5, 0.6) is 0 Å². The van der Waals surface area contributed by atoms with Gasteiger partial charge in [-0.15, -0.1) is 0 Å². The van der Waals surface area contributed by atoms with Gasteiger partial charge in [-0.25, -0.2) is 9.97 Å². The number of benzene rings is 2. The number of anilines is 1. The number of hydrogen-bond donors (Lipinski definition) is 1. The lowest BCUT2D eigenvalue weighted by Crippen LogP contribution is -2.03. The van der Waals surface area contributed by atoms with Crippen LogP contribution in [0.2, 0.25) is 0 Å². The van der Waals surface area contributed by atoms with E-state index in [1.54, 1.807) is 13.1 Å². The fraction of sp³-hybridized carbons (Fsp3) is 0.125. The van der Waals surface area contributed by atoms with Crippen LogP contribution in [0.25, 0.3) is 32.8 Å². The van der Waals surface area contributed by atoms with Crippen LogP contribution in [0.15, 0.2) is 40.8 Å². The maximum absolute atomic E-state index is 12.6. The molecule has 0 spiro atoms. The third kappa shape index (κ3) is 2.39. The Kier molecular flexibility index (Phi) is 3.24. The first-order chi connectivity index (χ1) is 11.5. The molecule has 4 rings (SSSR count). The third-order valence-corrected chi connectivity index (χ3v) is 4.63. The zero-order chi connectivity index (χ0) is 16.9. The molecule has 0 aliphatic carbocycles. The minimum Gasteiger partial charge on any atom is -0.436 e. The van der Waals surface area contributed by atoms with Gasteiger partial charge in [0.1, 0.15) is 11.0 Å². The second-order valence-corrected chi connectivity index (χ2v) is 6.15. The zero-order valence-electron chi connectivity index (χ0n) is 12.3. The molecule has 0 radical (unpaired) electrons. The van der Waals surface area contributed by atoms with Gasteiger partial charge in [-0.3, -0.25) is 0 Å². The number of halogens is 3. The molecule has 4 aromatic rings. The molecule has 2 heterocycles.